The zero-order valence-corrected chi connectivity index (χ0v) is 11.3. The number of rotatable bonds is 6. The molecule has 0 bridgehead atoms. The summed E-state index contributed by atoms with van der Waals surface area (Å²) in [7, 11) is 0. The Bertz CT molecular complexity index is 333. The van der Waals surface area contributed by atoms with Crippen LogP contribution in [0.5, 0.6) is 0 Å². The Morgan fingerprint density at radius 3 is 3.13 bits per heavy atom. The van der Waals surface area contributed by atoms with Gasteiger partial charge in [-0.15, -0.1) is 6.58 Å². The monoisotopic (exact) mass is 306 g/mol. The molecule has 0 unspecified atom stereocenters. The highest BCUT2D eigenvalue weighted by molar-refractivity contribution is 9.10. The van der Waals surface area contributed by atoms with E-state index in [1.165, 1.54) is 0 Å². The Labute approximate surface area is 108 Å². The molecule has 0 aromatic carbocycles. The first-order chi connectivity index (χ1) is 7.24. The van der Waals surface area contributed by atoms with E-state index in [9.17, 15) is 0 Å². The Morgan fingerprint density at radius 2 is 2.47 bits per heavy atom. The zero-order chi connectivity index (χ0) is 11.1. The van der Waals surface area contributed by atoms with Crippen LogP contribution in [0.25, 0.3) is 0 Å². The van der Waals surface area contributed by atoms with Crippen molar-refractivity contribution in [3.63, 3.8) is 0 Å². The average Bonchev–Trinajstić information content (AvgIpc) is 2.20. The van der Waals surface area contributed by atoms with Gasteiger partial charge in [0.05, 0.1) is 5.02 Å². The van der Waals surface area contributed by atoms with Crippen LogP contribution in [-0.2, 0) is 0 Å². The first-order valence-corrected chi connectivity index (χ1v) is 6.80. The summed E-state index contributed by atoms with van der Waals surface area (Å²) in [4.78, 5) is 4.18. The second-order valence-electron chi connectivity index (χ2n) is 2.77. The fourth-order valence-corrected chi connectivity index (χ4v) is 2.23. The largest absolute Gasteiger partial charge is 0.368 e. The summed E-state index contributed by atoms with van der Waals surface area (Å²) >= 11 is 11.1. The SMILES string of the molecule is C=CCSCCNc1ncc(Br)cc1Cl. The number of anilines is 1. The number of hydrogen-bond acceptors (Lipinski definition) is 3. The number of aromatic nitrogens is 1. The average molecular weight is 308 g/mol. The minimum absolute atomic E-state index is 0.637. The standard InChI is InChI=1S/C10H12BrClN2S/c1-2-4-15-5-3-13-10-9(12)6-8(11)7-14-10/h2,6-7H,1,3-5H2,(H,13,14). The normalized spacial score (nSPS) is 10.0. The highest BCUT2D eigenvalue weighted by atomic mass is 79.9. The van der Waals surface area contributed by atoms with Crippen LogP contribution in [0, 0.1) is 0 Å². The van der Waals surface area contributed by atoms with Gasteiger partial charge in [0.1, 0.15) is 5.82 Å². The molecule has 1 N–H and O–H groups in total. The van der Waals surface area contributed by atoms with Gasteiger partial charge >= 0.3 is 0 Å². The second kappa shape index (κ2) is 7.14. The third-order valence-electron chi connectivity index (χ3n) is 1.58. The summed E-state index contributed by atoms with van der Waals surface area (Å²) < 4.78 is 0.888. The lowest BCUT2D eigenvalue weighted by atomic mass is 10.4. The maximum absolute atomic E-state index is 5.99. The molecule has 0 spiro atoms. The van der Waals surface area contributed by atoms with Gasteiger partial charge < -0.3 is 5.32 Å². The summed E-state index contributed by atoms with van der Waals surface area (Å²) in [5.41, 5.74) is 0. The van der Waals surface area contributed by atoms with Crippen molar-refractivity contribution >= 4 is 45.1 Å². The van der Waals surface area contributed by atoms with Crippen molar-refractivity contribution in [1.82, 2.24) is 4.98 Å². The van der Waals surface area contributed by atoms with E-state index in [4.69, 9.17) is 11.6 Å². The molecule has 0 aliphatic rings. The highest BCUT2D eigenvalue weighted by Gasteiger charge is 2.00. The zero-order valence-electron chi connectivity index (χ0n) is 8.17. The van der Waals surface area contributed by atoms with E-state index < -0.39 is 0 Å². The van der Waals surface area contributed by atoms with Crippen LogP contribution in [0.4, 0.5) is 5.82 Å². The Hall–Kier alpha value is -0.190. The van der Waals surface area contributed by atoms with E-state index in [1.54, 1.807) is 6.20 Å². The van der Waals surface area contributed by atoms with Crippen LogP contribution in [0.3, 0.4) is 0 Å². The van der Waals surface area contributed by atoms with Gasteiger partial charge in [-0.1, -0.05) is 17.7 Å². The van der Waals surface area contributed by atoms with Crippen molar-refractivity contribution in [2.24, 2.45) is 0 Å². The van der Waals surface area contributed by atoms with Gasteiger partial charge in [-0.05, 0) is 22.0 Å². The van der Waals surface area contributed by atoms with E-state index in [-0.39, 0.29) is 0 Å². The van der Waals surface area contributed by atoms with Gasteiger partial charge in [-0.3, -0.25) is 0 Å². The summed E-state index contributed by atoms with van der Waals surface area (Å²) in [6, 6.07) is 1.83. The Balaban J connectivity index is 2.34. The van der Waals surface area contributed by atoms with Gasteiger partial charge in [0.2, 0.25) is 0 Å². The molecule has 1 aromatic heterocycles. The van der Waals surface area contributed by atoms with Crippen LogP contribution >= 0.6 is 39.3 Å². The molecule has 0 saturated heterocycles. The second-order valence-corrected chi connectivity index (χ2v) is 5.25. The maximum Gasteiger partial charge on any atom is 0.144 e. The van der Waals surface area contributed by atoms with E-state index in [0.29, 0.717) is 5.02 Å². The summed E-state index contributed by atoms with van der Waals surface area (Å²) in [5.74, 6) is 2.72. The van der Waals surface area contributed by atoms with Crippen molar-refractivity contribution < 1.29 is 0 Å². The minimum Gasteiger partial charge on any atom is -0.368 e. The number of halogens is 2. The topological polar surface area (TPSA) is 24.9 Å². The number of thioether (sulfide) groups is 1. The molecule has 0 amide bonds. The number of hydrogen-bond donors (Lipinski definition) is 1. The molecule has 82 valence electrons. The maximum atomic E-state index is 5.99. The predicted molar refractivity (Wildman–Crippen MR) is 73.0 cm³/mol. The quantitative estimate of drug-likeness (QED) is 0.639. The van der Waals surface area contributed by atoms with E-state index in [1.807, 2.05) is 23.9 Å². The molecule has 1 aromatic rings. The predicted octanol–water partition coefficient (Wildman–Crippen LogP) is 3.83. The molecular weight excluding hydrogens is 296 g/mol. The molecule has 0 aliphatic carbocycles. The Kier molecular flexibility index (Phi) is 6.13. The van der Waals surface area contributed by atoms with Crippen molar-refractivity contribution in [3.05, 3.63) is 34.4 Å². The fraction of sp³-hybridized carbons (Fsp3) is 0.300. The van der Waals surface area contributed by atoms with Crippen molar-refractivity contribution in [2.75, 3.05) is 23.4 Å². The van der Waals surface area contributed by atoms with Gasteiger partial charge in [0, 0.05) is 28.7 Å². The lowest BCUT2D eigenvalue weighted by molar-refractivity contribution is 1.17. The van der Waals surface area contributed by atoms with Crippen LogP contribution < -0.4 is 5.32 Å². The molecule has 0 saturated carbocycles. The van der Waals surface area contributed by atoms with Crippen molar-refractivity contribution in [2.45, 2.75) is 0 Å². The van der Waals surface area contributed by atoms with Crippen LogP contribution in [-0.4, -0.2) is 23.0 Å². The molecule has 5 heteroatoms. The van der Waals surface area contributed by atoms with Gasteiger partial charge in [-0.25, -0.2) is 4.98 Å². The van der Waals surface area contributed by atoms with Gasteiger partial charge in [-0.2, -0.15) is 11.8 Å². The number of pyridine rings is 1. The summed E-state index contributed by atoms with van der Waals surface area (Å²) in [6.45, 7) is 4.51. The molecule has 0 atom stereocenters. The number of nitrogens with one attached hydrogen (secondary N) is 1. The molecule has 1 heterocycles. The highest BCUT2D eigenvalue weighted by Crippen LogP contribution is 2.22. The molecule has 15 heavy (non-hydrogen) atoms. The molecule has 1 rings (SSSR count). The van der Waals surface area contributed by atoms with E-state index in [2.05, 4.69) is 32.8 Å². The Morgan fingerprint density at radius 1 is 1.67 bits per heavy atom. The smallest absolute Gasteiger partial charge is 0.144 e. The van der Waals surface area contributed by atoms with E-state index >= 15 is 0 Å². The lowest BCUT2D eigenvalue weighted by Gasteiger charge is -2.06. The van der Waals surface area contributed by atoms with Gasteiger partial charge in [0.25, 0.3) is 0 Å². The summed E-state index contributed by atoms with van der Waals surface area (Å²) in [6.07, 6.45) is 3.63. The van der Waals surface area contributed by atoms with Crippen molar-refractivity contribution in [1.29, 1.82) is 0 Å². The van der Waals surface area contributed by atoms with E-state index in [0.717, 1.165) is 28.3 Å². The van der Waals surface area contributed by atoms with Crippen LogP contribution in [0.2, 0.25) is 5.02 Å². The third-order valence-corrected chi connectivity index (χ3v) is 3.27. The molecular formula is C10H12BrClN2S. The first kappa shape index (κ1) is 12.9. The van der Waals surface area contributed by atoms with Crippen LogP contribution in [0.15, 0.2) is 29.4 Å². The molecule has 0 radical (unpaired) electrons. The third kappa shape index (κ3) is 4.91. The summed E-state index contributed by atoms with van der Waals surface area (Å²) in [5, 5.41) is 3.82. The van der Waals surface area contributed by atoms with Crippen molar-refractivity contribution in [3.8, 4) is 0 Å². The van der Waals surface area contributed by atoms with Gasteiger partial charge in [0.15, 0.2) is 0 Å². The molecule has 0 fully saturated rings. The van der Waals surface area contributed by atoms with Crippen LogP contribution in [0.1, 0.15) is 0 Å². The molecule has 2 nitrogen and oxygen atoms in total. The lowest BCUT2D eigenvalue weighted by Crippen LogP contribution is -2.06. The minimum atomic E-state index is 0.637. The number of nitrogens with zero attached hydrogens (tertiary/aromatic N) is 1. The fourth-order valence-electron chi connectivity index (χ4n) is 0.953. The first-order valence-electron chi connectivity index (χ1n) is 4.47. The molecule has 0 aliphatic heterocycles.